The Kier molecular flexibility index (Phi) is 4.94. The van der Waals surface area contributed by atoms with E-state index in [1.807, 2.05) is 39.2 Å². The summed E-state index contributed by atoms with van der Waals surface area (Å²) >= 11 is 0. The predicted molar refractivity (Wildman–Crippen MR) is 119 cm³/mol. The number of rotatable bonds is 4. The van der Waals surface area contributed by atoms with Crippen LogP contribution < -0.4 is 5.32 Å². The van der Waals surface area contributed by atoms with Crippen LogP contribution in [0.4, 0.5) is 5.95 Å². The number of anilines is 1. The van der Waals surface area contributed by atoms with E-state index in [4.69, 9.17) is 14.5 Å². The van der Waals surface area contributed by atoms with Gasteiger partial charge in [0.25, 0.3) is 0 Å². The molecule has 3 N–H and O–H groups in total. The Morgan fingerprint density at radius 3 is 2.81 bits per heavy atom. The van der Waals surface area contributed by atoms with Gasteiger partial charge in [-0.1, -0.05) is 5.16 Å². The summed E-state index contributed by atoms with van der Waals surface area (Å²) in [6.07, 6.45) is 7.17. The van der Waals surface area contributed by atoms with Crippen molar-refractivity contribution in [2.45, 2.75) is 58.6 Å². The number of aryl methyl sites for hydroxylation is 3. The lowest BCUT2D eigenvalue weighted by molar-refractivity contribution is 0.124. The molecular weight excluding hydrogens is 392 g/mol. The van der Waals surface area contributed by atoms with Gasteiger partial charge in [0.1, 0.15) is 11.4 Å². The number of nitrogens with one attached hydrogen (secondary N) is 2. The number of fused-ring (bicyclic) bond motifs is 1. The fourth-order valence-electron chi connectivity index (χ4n) is 4.45. The first kappa shape index (κ1) is 19.7. The molecule has 0 unspecified atom stereocenters. The van der Waals surface area contributed by atoms with Crippen molar-refractivity contribution in [2.75, 3.05) is 5.32 Å². The zero-order chi connectivity index (χ0) is 21.5. The SMILES string of the molecule is Cc1cnc(N[C@@H]2CCC[C@H](O)C2)nc1-c1c[nH]c2nc(-c3c(C)noc3C)ccc12. The Morgan fingerprint density at radius 1 is 1.16 bits per heavy atom. The average molecular weight is 419 g/mol. The van der Waals surface area contributed by atoms with Crippen LogP contribution in [-0.4, -0.2) is 42.3 Å². The van der Waals surface area contributed by atoms with Crippen molar-refractivity contribution >= 4 is 17.0 Å². The standard InChI is InChI=1S/C23H26N6O2/c1-12-10-25-23(26-15-5-4-6-16(30)9-15)28-21(12)18-11-24-22-17(18)7-8-19(27-22)20-13(2)29-31-14(20)3/h7-8,10-11,15-16,30H,4-6,9H2,1-3H3,(H,24,27)(H,25,26,28)/t15-,16+/m1/s1. The van der Waals surface area contributed by atoms with Gasteiger partial charge in [0.15, 0.2) is 0 Å². The molecule has 4 heterocycles. The molecular formula is C23H26N6O2. The molecule has 1 aliphatic rings. The molecule has 4 aromatic heterocycles. The summed E-state index contributed by atoms with van der Waals surface area (Å²) in [5, 5.41) is 18.4. The van der Waals surface area contributed by atoms with Gasteiger partial charge >= 0.3 is 0 Å². The highest BCUT2D eigenvalue weighted by atomic mass is 16.5. The number of H-pyrrole nitrogens is 1. The molecule has 1 aliphatic carbocycles. The van der Waals surface area contributed by atoms with E-state index >= 15 is 0 Å². The molecule has 31 heavy (non-hydrogen) atoms. The third-order valence-electron chi connectivity index (χ3n) is 6.03. The number of aliphatic hydroxyl groups is 1. The molecule has 1 fully saturated rings. The van der Waals surface area contributed by atoms with E-state index in [9.17, 15) is 5.11 Å². The fourth-order valence-corrected chi connectivity index (χ4v) is 4.45. The summed E-state index contributed by atoms with van der Waals surface area (Å²) in [5.41, 5.74) is 6.21. The second-order valence-corrected chi connectivity index (χ2v) is 8.38. The Balaban J connectivity index is 1.49. The van der Waals surface area contributed by atoms with E-state index in [1.54, 1.807) is 0 Å². The topological polar surface area (TPSA) is 113 Å². The lowest BCUT2D eigenvalue weighted by Crippen LogP contribution is -2.30. The van der Waals surface area contributed by atoms with Gasteiger partial charge in [-0.25, -0.2) is 15.0 Å². The van der Waals surface area contributed by atoms with Crippen molar-refractivity contribution in [3.63, 3.8) is 0 Å². The Bertz CT molecular complexity index is 1220. The minimum atomic E-state index is -0.247. The molecule has 0 aromatic carbocycles. The van der Waals surface area contributed by atoms with Gasteiger partial charge in [0.2, 0.25) is 5.95 Å². The monoisotopic (exact) mass is 418 g/mol. The molecule has 160 valence electrons. The van der Waals surface area contributed by atoms with Gasteiger partial charge in [0, 0.05) is 29.4 Å². The second-order valence-electron chi connectivity index (χ2n) is 8.38. The summed E-state index contributed by atoms with van der Waals surface area (Å²) in [4.78, 5) is 17.4. The lowest BCUT2D eigenvalue weighted by atomic mass is 9.93. The van der Waals surface area contributed by atoms with Crippen LogP contribution in [0.15, 0.2) is 29.0 Å². The van der Waals surface area contributed by atoms with E-state index < -0.39 is 0 Å². The highest BCUT2D eigenvalue weighted by Gasteiger charge is 2.21. The van der Waals surface area contributed by atoms with Crippen LogP contribution in [0.2, 0.25) is 0 Å². The normalized spacial score (nSPS) is 19.1. The number of aromatic nitrogens is 5. The predicted octanol–water partition coefficient (Wildman–Crippen LogP) is 4.32. The van der Waals surface area contributed by atoms with Gasteiger partial charge in [0.05, 0.1) is 28.7 Å². The summed E-state index contributed by atoms with van der Waals surface area (Å²) in [5.74, 6) is 1.35. The number of hydrogen-bond acceptors (Lipinski definition) is 7. The minimum absolute atomic E-state index is 0.196. The number of pyridine rings is 1. The largest absolute Gasteiger partial charge is 0.393 e. The van der Waals surface area contributed by atoms with Crippen LogP contribution in [-0.2, 0) is 0 Å². The van der Waals surface area contributed by atoms with Crippen molar-refractivity contribution in [2.24, 2.45) is 0 Å². The number of aliphatic hydroxyl groups excluding tert-OH is 1. The number of nitrogens with zero attached hydrogens (tertiary/aromatic N) is 4. The third kappa shape index (κ3) is 3.67. The minimum Gasteiger partial charge on any atom is -0.393 e. The molecule has 0 radical (unpaired) electrons. The van der Waals surface area contributed by atoms with Crippen LogP contribution in [0, 0.1) is 20.8 Å². The Labute approximate surface area is 180 Å². The van der Waals surface area contributed by atoms with Crippen molar-refractivity contribution in [1.29, 1.82) is 0 Å². The van der Waals surface area contributed by atoms with Crippen LogP contribution in [0.25, 0.3) is 33.5 Å². The second kappa shape index (κ2) is 7.77. The molecule has 0 bridgehead atoms. The zero-order valence-corrected chi connectivity index (χ0v) is 17.9. The first-order chi connectivity index (χ1) is 15.0. The zero-order valence-electron chi connectivity index (χ0n) is 17.9. The molecule has 1 saturated carbocycles. The average Bonchev–Trinajstić information content (AvgIpc) is 3.31. The van der Waals surface area contributed by atoms with E-state index in [0.29, 0.717) is 5.95 Å². The Morgan fingerprint density at radius 2 is 2.03 bits per heavy atom. The first-order valence-electron chi connectivity index (χ1n) is 10.7. The van der Waals surface area contributed by atoms with Crippen LogP contribution >= 0.6 is 0 Å². The maximum Gasteiger partial charge on any atom is 0.223 e. The number of hydrogen-bond donors (Lipinski definition) is 3. The first-order valence-corrected chi connectivity index (χ1v) is 10.7. The van der Waals surface area contributed by atoms with E-state index in [1.165, 1.54) is 0 Å². The summed E-state index contributed by atoms with van der Waals surface area (Å²) in [7, 11) is 0. The van der Waals surface area contributed by atoms with Gasteiger partial charge in [-0.05, 0) is 64.2 Å². The van der Waals surface area contributed by atoms with Crippen LogP contribution in [0.3, 0.4) is 0 Å². The van der Waals surface area contributed by atoms with E-state index in [-0.39, 0.29) is 12.1 Å². The third-order valence-corrected chi connectivity index (χ3v) is 6.03. The number of aromatic amines is 1. The molecule has 8 nitrogen and oxygen atoms in total. The fraction of sp³-hybridized carbons (Fsp3) is 0.391. The van der Waals surface area contributed by atoms with Gasteiger partial charge < -0.3 is 19.9 Å². The Hall–Kier alpha value is -3.26. The van der Waals surface area contributed by atoms with Crippen molar-refractivity contribution in [3.05, 3.63) is 41.5 Å². The highest BCUT2D eigenvalue weighted by Crippen LogP contribution is 2.32. The molecule has 4 aromatic rings. The van der Waals surface area contributed by atoms with Crippen molar-refractivity contribution < 1.29 is 9.63 Å². The van der Waals surface area contributed by atoms with Crippen molar-refractivity contribution in [3.8, 4) is 22.5 Å². The highest BCUT2D eigenvalue weighted by molar-refractivity contribution is 5.94. The summed E-state index contributed by atoms with van der Waals surface area (Å²) < 4.78 is 5.29. The van der Waals surface area contributed by atoms with Gasteiger partial charge in [-0.3, -0.25) is 0 Å². The summed E-state index contributed by atoms with van der Waals surface area (Å²) in [6.45, 7) is 5.82. The van der Waals surface area contributed by atoms with Crippen molar-refractivity contribution in [1.82, 2.24) is 25.1 Å². The molecule has 2 atom stereocenters. The molecule has 0 spiro atoms. The molecule has 8 heteroatoms. The lowest BCUT2D eigenvalue weighted by Gasteiger charge is -2.26. The molecule has 5 rings (SSSR count). The van der Waals surface area contributed by atoms with Crippen LogP contribution in [0.5, 0.6) is 0 Å². The van der Waals surface area contributed by atoms with Gasteiger partial charge in [-0.2, -0.15) is 0 Å². The molecule has 0 aliphatic heterocycles. The maximum atomic E-state index is 9.95. The quantitative estimate of drug-likeness (QED) is 0.452. The molecule has 0 amide bonds. The van der Waals surface area contributed by atoms with Crippen LogP contribution in [0.1, 0.15) is 42.7 Å². The van der Waals surface area contributed by atoms with E-state index in [2.05, 4.69) is 26.5 Å². The van der Waals surface area contributed by atoms with Gasteiger partial charge in [-0.15, -0.1) is 0 Å². The maximum absolute atomic E-state index is 9.95. The van der Waals surface area contributed by atoms with E-state index in [0.717, 1.165) is 76.2 Å². The molecule has 0 saturated heterocycles. The summed E-state index contributed by atoms with van der Waals surface area (Å²) in [6, 6.07) is 4.24. The smallest absolute Gasteiger partial charge is 0.223 e.